The fraction of sp³-hybridized carbons (Fsp3) is 0.887. The molecule has 1 saturated heterocycles. The largest absolute Gasteiger partial charge is 0.466 e. The predicted octanol–water partition coefficient (Wildman–Crippen LogP) is 11.0. The third-order valence-electron chi connectivity index (χ3n) is 12.6. The quantitative estimate of drug-likeness (QED) is 0.0196. The molecule has 1 heterocycles. The molecule has 0 saturated carbocycles. The Morgan fingerprint density at radius 2 is 1.02 bits per heavy atom. The number of nitrogens with one attached hydrogen (secondary N) is 1. The molecule has 1 amide bonds. The molecule has 0 bridgehead atoms. The van der Waals surface area contributed by atoms with Crippen LogP contribution in [0.15, 0.2) is 24.3 Å². The highest BCUT2D eigenvalue weighted by Gasteiger charge is 2.44. The highest BCUT2D eigenvalue weighted by atomic mass is 16.7. The van der Waals surface area contributed by atoms with Gasteiger partial charge < -0.3 is 45.1 Å². The Kier molecular flexibility index (Phi) is 41.1. The summed E-state index contributed by atoms with van der Waals surface area (Å²) in [7, 11) is 0. The molecule has 7 atom stereocenters. The molecule has 1 aliphatic rings. The molecule has 1 rings (SSSR count). The van der Waals surface area contributed by atoms with Crippen LogP contribution < -0.4 is 5.32 Å². The molecule has 0 aromatic heterocycles. The van der Waals surface area contributed by atoms with E-state index in [-0.39, 0.29) is 18.5 Å². The van der Waals surface area contributed by atoms with Crippen molar-refractivity contribution in [2.24, 2.45) is 0 Å². The van der Waals surface area contributed by atoms with Gasteiger partial charge in [-0.25, -0.2) is 0 Å². The topological polar surface area (TPSA) is 175 Å². The number of allylic oxidation sites excluding steroid dienone is 3. The SMILES string of the molecule is CCCCC/C=C/CC/C=C/C(O)C(COC1OC(CO)C(O)C(O)C1O)NC(=O)CCCCCCCCCCCCCCCCOC(=O)CCCCCCCCCCCCCCC. The summed E-state index contributed by atoms with van der Waals surface area (Å²) in [6.07, 6.45) is 39.8. The molecule has 0 aromatic rings. The predicted molar refractivity (Wildman–Crippen MR) is 260 cm³/mol. The van der Waals surface area contributed by atoms with E-state index in [0.29, 0.717) is 19.4 Å². The monoisotopic (exact) mass is 910 g/mol. The first-order valence-electron chi connectivity index (χ1n) is 26.6. The van der Waals surface area contributed by atoms with Crippen LogP contribution in [-0.2, 0) is 23.8 Å². The van der Waals surface area contributed by atoms with Crippen LogP contribution in [0, 0.1) is 0 Å². The van der Waals surface area contributed by atoms with Crippen molar-refractivity contribution in [1.29, 1.82) is 0 Å². The number of amides is 1. The van der Waals surface area contributed by atoms with Crippen molar-refractivity contribution in [2.45, 2.75) is 281 Å². The van der Waals surface area contributed by atoms with Crippen LogP contribution in [-0.4, -0.2) is 100 Å². The number of hydrogen-bond acceptors (Lipinski definition) is 10. The molecule has 0 radical (unpaired) electrons. The highest BCUT2D eigenvalue weighted by Crippen LogP contribution is 2.23. The van der Waals surface area contributed by atoms with Crippen LogP contribution in [0.25, 0.3) is 0 Å². The summed E-state index contributed by atoms with van der Waals surface area (Å²) in [4.78, 5) is 25.0. The van der Waals surface area contributed by atoms with E-state index in [4.69, 9.17) is 14.2 Å². The number of esters is 1. The normalized spacial score (nSPS) is 20.0. The van der Waals surface area contributed by atoms with Crippen LogP contribution in [0.1, 0.15) is 239 Å². The van der Waals surface area contributed by atoms with Crippen molar-refractivity contribution in [2.75, 3.05) is 19.8 Å². The van der Waals surface area contributed by atoms with Gasteiger partial charge in [0.05, 0.1) is 32.0 Å². The first-order valence-corrected chi connectivity index (χ1v) is 26.6. The molecule has 11 heteroatoms. The lowest BCUT2D eigenvalue weighted by molar-refractivity contribution is -0.302. The molecule has 0 aromatic carbocycles. The molecule has 376 valence electrons. The standard InChI is InChI=1S/C53H99NO10/c1-3-5-7-9-11-13-14-17-21-25-29-33-37-41-49(58)62-42-38-34-30-26-22-19-16-15-18-20-24-28-32-36-40-48(57)54-45(46(56)39-35-31-27-23-12-10-8-6-4-2)44-63-53-52(61)51(60)50(59)47(43-55)64-53/h12,23,35,39,45-47,50-53,55-56,59-61H,3-11,13-22,24-34,36-38,40-44H2,1-2H3,(H,54,57)/b23-12+,39-35+. The van der Waals surface area contributed by atoms with Crippen molar-refractivity contribution >= 4 is 11.9 Å². The summed E-state index contributed by atoms with van der Waals surface area (Å²) in [6, 6.07) is -0.833. The summed E-state index contributed by atoms with van der Waals surface area (Å²) in [5.41, 5.74) is 0. The fourth-order valence-corrected chi connectivity index (χ4v) is 8.27. The lowest BCUT2D eigenvalue weighted by Crippen LogP contribution is -2.60. The number of hydrogen-bond donors (Lipinski definition) is 6. The number of aliphatic hydroxyl groups is 5. The van der Waals surface area contributed by atoms with Crippen molar-refractivity contribution < 1.29 is 49.3 Å². The lowest BCUT2D eigenvalue weighted by atomic mass is 9.99. The van der Waals surface area contributed by atoms with Gasteiger partial charge in [0.2, 0.25) is 5.91 Å². The van der Waals surface area contributed by atoms with E-state index in [9.17, 15) is 35.1 Å². The fourth-order valence-electron chi connectivity index (χ4n) is 8.27. The van der Waals surface area contributed by atoms with Gasteiger partial charge in [-0.3, -0.25) is 9.59 Å². The smallest absolute Gasteiger partial charge is 0.305 e. The molecule has 1 aliphatic heterocycles. The molecule has 0 spiro atoms. The van der Waals surface area contributed by atoms with Gasteiger partial charge in [0.25, 0.3) is 0 Å². The van der Waals surface area contributed by atoms with Gasteiger partial charge in [0.1, 0.15) is 24.4 Å². The van der Waals surface area contributed by atoms with Gasteiger partial charge in [-0.15, -0.1) is 0 Å². The summed E-state index contributed by atoms with van der Waals surface area (Å²) >= 11 is 0. The third kappa shape index (κ3) is 33.6. The first-order chi connectivity index (χ1) is 31.2. The number of carbonyl (C=O) groups is 2. The van der Waals surface area contributed by atoms with Crippen LogP contribution in [0.5, 0.6) is 0 Å². The molecular weight excluding hydrogens is 811 g/mol. The van der Waals surface area contributed by atoms with Crippen molar-refractivity contribution in [3.8, 4) is 0 Å². The van der Waals surface area contributed by atoms with Crippen molar-refractivity contribution in [1.82, 2.24) is 5.32 Å². The van der Waals surface area contributed by atoms with Gasteiger partial charge in [-0.2, -0.15) is 0 Å². The highest BCUT2D eigenvalue weighted by molar-refractivity contribution is 5.76. The van der Waals surface area contributed by atoms with Crippen molar-refractivity contribution in [3.63, 3.8) is 0 Å². The molecule has 64 heavy (non-hydrogen) atoms. The van der Waals surface area contributed by atoms with E-state index in [1.807, 2.05) is 6.08 Å². The minimum atomic E-state index is -1.58. The van der Waals surface area contributed by atoms with Crippen molar-refractivity contribution in [3.05, 3.63) is 24.3 Å². The number of ether oxygens (including phenoxy) is 3. The van der Waals surface area contributed by atoms with Crippen LogP contribution in [0.2, 0.25) is 0 Å². The number of aliphatic hydroxyl groups excluding tert-OH is 5. The van der Waals surface area contributed by atoms with E-state index >= 15 is 0 Å². The second-order valence-electron chi connectivity index (χ2n) is 18.6. The number of carbonyl (C=O) groups excluding carboxylic acids is 2. The Morgan fingerprint density at radius 3 is 1.55 bits per heavy atom. The zero-order valence-corrected chi connectivity index (χ0v) is 41.0. The van der Waals surface area contributed by atoms with Gasteiger partial charge in [0, 0.05) is 12.8 Å². The molecule has 0 aliphatic carbocycles. The minimum absolute atomic E-state index is 0.0228. The molecule has 6 N–H and O–H groups in total. The minimum Gasteiger partial charge on any atom is -0.466 e. The molecule has 7 unspecified atom stereocenters. The van der Waals surface area contributed by atoms with Gasteiger partial charge in [0.15, 0.2) is 6.29 Å². The summed E-state index contributed by atoms with van der Waals surface area (Å²) in [5, 5.41) is 54.0. The zero-order valence-electron chi connectivity index (χ0n) is 41.0. The zero-order chi connectivity index (χ0) is 46.7. The Balaban J connectivity index is 2.10. The first kappa shape index (κ1) is 60.2. The van der Waals surface area contributed by atoms with E-state index < -0.39 is 49.5 Å². The summed E-state index contributed by atoms with van der Waals surface area (Å²) < 4.78 is 16.6. The van der Waals surface area contributed by atoms with Gasteiger partial charge in [-0.05, 0) is 44.9 Å². The van der Waals surface area contributed by atoms with E-state index in [0.717, 1.165) is 70.6 Å². The van der Waals surface area contributed by atoms with Gasteiger partial charge >= 0.3 is 5.97 Å². The Hall–Kier alpha value is -1.86. The maximum Gasteiger partial charge on any atom is 0.305 e. The lowest BCUT2D eigenvalue weighted by Gasteiger charge is -2.40. The number of rotatable bonds is 45. The second-order valence-corrected chi connectivity index (χ2v) is 18.6. The van der Waals surface area contributed by atoms with Crippen LogP contribution in [0.4, 0.5) is 0 Å². The average Bonchev–Trinajstić information content (AvgIpc) is 3.29. The van der Waals surface area contributed by atoms with E-state index in [2.05, 4.69) is 31.3 Å². The number of unbranched alkanes of at least 4 members (excludes halogenated alkanes) is 29. The molecule has 1 fully saturated rings. The molecular formula is C53H99NO10. The second kappa shape index (κ2) is 43.7. The van der Waals surface area contributed by atoms with Crippen LogP contribution >= 0.6 is 0 Å². The van der Waals surface area contributed by atoms with E-state index in [1.165, 1.54) is 141 Å². The summed E-state index contributed by atoms with van der Waals surface area (Å²) in [5.74, 6) is -0.228. The maximum atomic E-state index is 12.9. The Bertz CT molecular complexity index is 1120. The molecule has 11 nitrogen and oxygen atoms in total. The van der Waals surface area contributed by atoms with E-state index in [1.54, 1.807) is 6.08 Å². The maximum absolute atomic E-state index is 12.9. The Morgan fingerprint density at radius 1 is 0.562 bits per heavy atom. The summed E-state index contributed by atoms with van der Waals surface area (Å²) in [6.45, 7) is 4.23. The third-order valence-corrected chi connectivity index (χ3v) is 12.6. The average molecular weight is 910 g/mol. The Labute approximate surface area is 391 Å². The van der Waals surface area contributed by atoms with Crippen LogP contribution in [0.3, 0.4) is 0 Å². The van der Waals surface area contributed by atoms with Gasteiger partial charge in [-0.1, -0.05) is 205 Å².